The highest BCUT2D eigenvalue weighted by molar-refractivity contribution is 6.01. The van der Waals surface area contributed by atoms with E-state index in [-0.39, 0.29) is 13.0 Å². The zero-order chi connectivity index (χ0) is 34.8. The van der Waals surface area contributed by atoms with Crippen LogP contribution in [-0.2, 0) is 22.5 Å². The first-order valence-electron chi connectivity index (χ1n) is 16.5. The highest BCUT2D eigenvalue weighted by Crippen LogP contribution is 2.44. The number of amides is 1. The number of aliphatic imine (C=N–C) groups is 1. The monoisotopic (exact) mass is 666 g/mol. The minimum atomic E-state index is -1.51. The van der Waals surface area contributed by atoms with Crippen LogP contribution in [0.15, 0.2) is 138 Å². The van der Waals surface area contributed by atoms with Crippen molar-refractivity contribution >= 4 is 17.5 Å². The average molecular weight is 667 g/mol. The van der Waals surface area contributed by atoms with Gasteiger partial charge in [-0.05, 0) is 64.5 Å². The van der Waals surface area contributed by atoms with Gasteiger partial charge in [0.25, 0.3) is 5.91 Å². The Hall–Kier alpha value is -5.93. The van der Waals surface area contributed by atoms with Gasteiger partial charge in [0.1, 0.15) is 5.75 Å². The van der Waals surface area contributed by atoms with Gasteiger partial charge in [-0.15, -0.1) is 0 Å². The third-order valence-electron chi connectivity index (χ3n) is 8.53. The Balaban J connectivity index is 1.41. The molecule has 1 amide bonds. The van der Waals surface area contributed by atoms with Crippen molar-refractivity contribution in [3.8, 4) is 16.9 Å². The Bertz CT molecular complexity index is 1990. The van der Waals surface area contributed by atoms with Crippen molar-refractivity contribution in [2.24, 2.45) is 10.1 Å². The molecule has 1 aliphatic rings. The largest absolute Gasteiger partial charge is 0.494 e. The summed E-state index contributed by atoms with van der Waals surface area (Å²) in [5.41, 5.74) is 20.5. The van der Waals surface area contributed by atoms with Gasteiger partial charge in [-0.25, -0.2) is 10.4 Å². The predicted octanol–water partition coefficient (Wildman–Crippen LogP) is 7.69. The van der Waals surface area contributed by atoms with Crippen LogP contribution in [0.3, 0.4) is 0 Å². The molecule has 0 radical (unpaired) electrons. The van der Waals surface area contributed by atoms with Crippen molar-refractivity contribution in [3.05, 3.63) is 166 Å². The number of azide groups is 1. The molecule has 252 valence electrons. The molecule has 2 atom stereocenters. The molecular formula is C40H38N6O4. The number of rotatable bonds is 14. The highest BCUT2D eigenvalue weighted by Gasteiger charge is 2.53. The van der Waals surface area contributed by atoms with Gasteiger partial charge in [0.2, 0.25) is 5.90 Å². The van der Waals surface area contributed by atoms with Crippen LogP contribution in [0.5, 0.6) is 5.75 Å². The summed E-state index contributed by atoms with van der Waals surface area (Å²) in [5.74, 6) is 0.526. The number of ether oxygens (including phenoxy) is 2. The molecule has 5 aromatic rings. The molecule has 50 heavy (non-hydrogen) atoms. The molecule has 1 aliphatic heterocycles. The average Bonchev–Trinajstić information content (AvgIpc) is 3.54. The highest BCUT2D eigenvalue weighted by atomic mass is 16.5. The molecule has 0 aromatic heterocycles. The number of nitrogens with one attached hydrogen (secondary N) is 2. The molecule has 0 fully saturated rings. The molecule has 0 unspecified atom stereocenters. The zero-order valence-electron chi connectivity index (χ0n) is 27.7. The van der Waals surface area contributed by atoms with Gasteiger partial charge in [-0.3, -0.25) is 10.2 Å². The van der Waals surface area contributed by atoms with E-state index in [2.05, 4.69) is 20.9 Å². The fourth-order valence-corrected chi connectivity index (χ4v) is 6.02. The van der Waals surface area contributed by atoms with Crippen molar-refractivity contribution in [1.29, 1.82) is 0 Å². The number of aryl methyl sites for hydroxylation is 1. The standard InChI is InChI=1S/C40H38N6O4/c1-28-9-7-10-29(25-28)27-42-45-39(48)40(26-34-13-5-6-14-36(34)44-46-41)37(32-17-15-31(16-18-32)30-11-3-2-4-12-30)50-38(43-40)33-19-21-35(22-20-33)49-24-8-23-47/h2-7,9-22,25,37,42,47H,8,23-24,26-27H2,1H3,(H,45,48)/t37-,40-/m0/s1. The lowest BCUT2D eigenvalue weighted by Crippen LogP contribution is -2.53. The van der Waals surface area contributed by atoms with E-state index in [4.69, 9.17) is 19.6 Å². The number of carbonyl (C=O) groups is 1. The van der Waals surface area contributed by atoms with E-state index in [9.17, 15) is 10.3 Å². The number of carbonyl (C=O) groups excluding carboxylic acids is 1. The maximum Gasteiger partial charge on any atom is 0.266 e. The Morgan fingerprint density at radius 1 is 0.920 bits per heavy atom. The summed E-state index contributed by atoms with van der Waals surface area (Å²) >= 11 is 0. The molecule has 6 rings (SSSR count). The summed E-state index contributed by atoms with van der Waals surface area (Å²) in [6, 6.07) is 40.5. The van der Waals surface area contributed by atoms with E-state index in [1.165, 1.54) is 0 Å². The van der Waals surface area contributed by atoms with Crippen molar-refractivity contribution in [2.75, 3.05) is 13.2 Å². The van der Waals surface area contributed by atoms with Gasteiger partial charge in [-0.2, -0.15) is 0 Å². The van der Waals surface area contributed by atoms with Gasteiger partial charge in [0.15, 0.2) is 11.6 Å². The molecule has 3 N–H and O–H groups in total. The number of hydrogen-bond acceptors (Lipinski definition) is 7. The summed E-state index contributed by atoms with van der Waals surface area (Å²) in [5, 5.41) is 13.0. The predicted molar refractivity (Wildman–Crippen MR) is 194 cm³/mol. The second kappa shape index (κ2) is 16.0. The lowest BCUT2D eigenvalue weighted by molar-refractivity contribution is -0.130. The topological polar surface area (TPSA) is 141 Å². The Morgan fingerprint density at radius 3 is 2.38 bits per heavy atom. The fraction of sp³-hybridized carbons (Fsp3) is 0.200. The minimum Gasteiger partial charge on any atom is -0.494 e. The number of nitrogens with zero attached hydrogens (tertiary/aromatic N) is 4. The van der Waals surface area contributed by atoms with Crippen molar-refractivity contribution in [2.45, 2.75) is 38.0 Å². The van der Waals surface area contributed by atoms with Crippen molar-refractivity contribution < 1.29 is 19.4 Å². The first-order chi connectivity index (χ1) is 24.5. The zero-order valence-corrected chi connectivity index (χ0v) is 27.7. The van der Waals surface area contributed by atoms with E-state index < -0.39 is 17.6 Å². The summed E-state index contributed by atoms with van der Waals surface area (Å²) in [4.78, 5) is 22.8. The van der Waals surface area contributed by atoms with Gasteiger partial charge < -0.3 is 14.6 Å². The molecule has 0 saturated carbocycles. The molecular weight excluding hydrogens is 628 g/mol. The van der Waals surface area contributed by atoms with Gasteiger partial charge in [-0.1, -0.05) is 114 Å². The smallest absolute Gasteiger partial charge is 0.266 e. The van der Waals surface area contributed by atoms with Crippen LogP contribution in [0.2, 0.25) is 0 Å². The molecule has 0 saturated heterocycles. The number of hydrogen-bond donors (Lipinski definition) is 3. The quantitative estimate of drug-likeness (QED) is 0.0367. The molecule has 10 heteroatoms. The Labute approximate surface area is 291 Å². The van der Waals surface area contributed by atoms with Gasteiger partial charge in [0, 0.05) is 42.2 Å². The third-order valence-corrected chi connectivity index (χ3v) is 8.53. The lowest BCUT2D eigenvalue weighted by atomic mass is 9.81. The molecule has 0 spiro atoms. The van der Waals surface area contributed by atoms with E-state index in [1.54, 1.807) is 12.1 Å². The van der Waals surface area contributed by atoms with Crippen molar-refractivity contribution in [3.63, 3.8) is 0 Å². The lowest BCUT2D eigenvalue weighted by Gasteiger charge is -2.31. The van der Waals surface area contributed by atoms with Crippen LogP contribution < -0.4 is 15.6 Å². The number of aliphatic hydroxyl groups is 1. The van der Waals surface area contributed by atoms with Crippen LogP contribution in [0, 0.1) is 6.92 Å². The fourth-order valence-electron chi connectivity index (χ4n) is 6.02. The summed E-state index contributed by atoms with van der Waals surface area (Å²) < 4.78 is 12.4. The SMILES string of the molecule is Cc1cccc(CNNC(=O)[C@@]2(Cc3ccccc3N=[N+]=[N-])N=C(c3ccc(OCCCO)cc3)O[C@H]2c2ccc(-c3ccccc3)cc2)c1. The minimum absolute atomic E-state index is 0.0449. The maximum atomic E-state index is 14.6. The van der Waals surface area contributed by atoms with E-state index in [1.807, 2.05) is 122 Å². The molecule has 0 aliphatic carbocycles. The molecule has 5 aromatic carbocycles. The normalized spacial score (nSPS) is 16.5. The Kier molecular flexibility index (Phi) is 10.9. The van der Waals surface area contributed by atoms with E-state index in [0.29, 0.717) is 48.0 Å². The van der Waals surface area contributed by atoms with Crippen LogP contribution in [0.1, 0.15) is 40.3 Å². The number of hydrazine groups is 1. The van der Waals surface area contributed by atoms with Crippen molar-refractivity contribution in [1.82, 2.24) is 10.9 Å². The van der Waals surface area contributed by atoms with E-state index >= 15 is 0 Å². The van der Waals surface area contributed by atoms with Crippen LogP contribution in [0.25, 0.3) is 21.6 Å². The second-order valence-electron chi connectivity index (χ2n) is 12.1. The summed E-state index contributed by atoms with van der Waals surface area (Å²) in [7, 11) is 0. The molecule has 1 heterocycles. The molecule has 10 nitrogen and oxygen atoms in total. The first kappa shape index (κ1) is 34.0. The second-order valence-corrected chi connectivity index (χ2v) is 12.1. The van der Waals surface area contributed by atoms with E-state index in [0.717, 1.165) is 27.8 Å². The van der Waals surface area contributed by atoms with Crippen LogP contribution in [0.4, 0.5) is 5.69 Å². The van der Waals surface area contributed by atoms with Gasteiger partial charge >= 0.3 is 0 Å². The Morgan fingerprint density at radius 2 is 1.64 bits per heavy atom. The summed E-state index contributed by atoms with van der Waals surface area (Å²) in [6.45, 7) is 2.84. The number of benzene rings is 5. The van der Waals surface area contributed by atoms with Crippen LogP contribution >= 0.6 is 0 Å². The number of aliphatic hydroxyl groups excluding tert-OH is 1. The van der Waals surface area contributed by atoms with Crippen LogP contribution in [-0.4, -0.2) is 35.7 Å². The third kappa shape index (κ3) is 7.85. The maximum absolute atomic E-state index is 14.6. The first-order valence-corrected chi connectivity index (χ1v) is 16.5. The molecule has 0 bridgehead atoms. The summed E-state index contributed by atoms with van der Waals surface area (Å²) in [6.07, 6.45) is -0.241. The van der Waals surface area contributed by atoms with Gasteiger partial charge in [0.05, 0.1) is 6.61 Å².